The first-order chi connectivity index (χ1) is 11.1. The van der Waals surface area contributed by atoms with Gasteiger partial charge in [0.2, 0.25) is 0 Å². The van der Waals surface area contributed by atoms with Crippen molar-refractivity contribution >= 4 is 17.5 Å². The highest BCUT2D eigenvalue weighted by molar-refractivity contribution is 6.31. The Kier molecular flexibility index (Phi) is 6.48. The lowest BCUT2D eigenvalue weighted by molar-refractivity contribution is 0.0938. The van der Waals surface area contributed by atoms with Gasteiger partial charge in [0.1, 0.15) is 12.4 Å². The molecule has 0 aromatic heterocycles. The zero-order valence-corrected chi connectivity index (χ0v) is 14.3. The number of carbonyl (C=O) groups is 1. The summed E-state index contributed by atoms with van der Waals surface area (Å²) in [4.78, 5) is 12.2. The van der Waals surface area contributed by atoms with Crippen LogP contribution < -0.4 is 10.1 Å². The van der Waals surface area contributed by atoms with E-state index >= 15 is 0 Å². The van der Waals surface area contributed by atoms with Gasteiger partial charge in [-0.25, -0.2) is 0 Å². The molecule has 0 fully saturated rings. The second-order valence-corrected chi connectivity index (χ2v) is 5.98. The average Bonchev–Trinajstić information content (AvgIpc) is 2.54. The third kappa shape index (κ3) is 5.29. The fourth-order valence-corrected chi connectivity index (χ4v) is 2.51. The summed E-state index contributed by atoms with van der Waals surface area (Å²) in [6.45, 7) is 4.49. The van der Waals surface area contributed by atoms with Gasteiger partial charge in [-0.3, -0.25) is 4.79 Å². The summed E-state index contributed by atoms with van der Waals surface area (Å²) in [6.07, 6.45) is 2.01. The van der Waals surface area contributed by atoms with E-state index in [1.807, 2.05) is 43.3 Å². The Morgan fingerprint density at radius 1 is 1.22 bits per heavy atom. The second kappa shape index (κ2) is 8.59. The Morgan fingerprint density at radius 2 is 2.00 bits per heavy atom. The quantitative estimate of drug-likeness (QED) is 0.788. The molecule has 0 radical (unpaired) electrons. The monoisotopic (exact) mass is 331 g/mol. The van der Waals surface area contributed by atoms with Crippen molar-refractivity contribution in [1.29, 1.82) is 0 Å². The zero-order chi connectivity index (χ0) is 16.7. The summed E-state index contributed by atoms with van der Waals surface area (Å²) in [6, 6.07) is 14.9. The fraction of sp³-hybridized carbons (Fsp3) is 0.316. The maximum atomic E-state index is 12.2. The van der Waals surface area contributed by atoms with Crippen molar-refractivity contribution in [3.63, 3.8) is 0 Å². The molecule has 0 saturated carbocycles. The van der Waals surface area contributed by atoms with Gasteiger partial charge in [0.25, 0.3) is 5.91 Å². The minimum Gasteiger partial charge on any atom is -0.489 e. The molecule has 23 heavy (non-hydrogen) atoms. The van der Waals surface area contributed by atoms with Gasteiger partial charge >= 0.3 is 0 Å². The van der Waals surface area contributed by atoms with E-state index in [0.717, 1.165) is 18.4 Å². The summed E-state index contributed by atoms with van der Waals surface area (Å²) in [5.41, 5.74) is 1.52. The van der Waals surface area contributed by atoms with Gasteiger partial charge in [0.05, 0.1) is 0 Å². The number of amides is 1. The number of nitrogens with one attached hydrogen (secondary N) is 1. The Bertz CT molecular complexity index is 657. The summed E-state index contributed by atoms with van der Waals surface area (Å²) >= 11 is 6.12. The minimum atomic E-state index is -0.0749. The summed E-state index contributed by atoms with van der Waals surface area (Å²) in [5.74, 6) is 0.579. The number of rotatable bonds is 7. The van der Waals surface area contributed by atoms with Gasteiger partial charge < -0.3 is 10.1 Å². The summed E-state index contributed by atoms with van der Waals surface area (Å²) < 4.78 is 5.75. The molecular weight excluding hydrogens is 310 g/mol. The lowest BCUT2D eigenvalue weighted by atomic mass is 10.1. The van der Waals surface area contributed by atoms with Crippen molar-refractivity contribution in [2.75, 3.05) is 0 Å². The molecule has 1 unspecified atom stereocenters. The normalized spacial score (nSPS) is 11.8. The first-order valence-corrected chi connectivity index (χ1v) is 8.25. The first-order valence-electron chi connectivity index (χ1n) is 7.87. The van der Waals surface area contributed by atoms with E-state index in [1.165, 1.54) is 0 Å². The molecule has 2 aromatic rings. The second-order valence-electron chi connectivity index (χ2n) is 5.57. The third-order valence-electron chi connectivity index (χ3n) is 3.55. The molecule has 0 saturated heterocycles. The van der Waals surface area contributed by atoms with Crippen LogP contribution in [0.25, 0.3) is 0 Å². The van der Waals surface area contributed by atoms with Crippen LogP contribution in [0.4, 0.5) is 0 Å². The van der Waals surface area contributed by atoms with Crippen molar-refractivity contribution in [3.8, 4) is 5.75 Å². The molecular formula is C19H22ClNO2. The van der Waals surface area contributed by atoms with Gasteiger partial charge in [-0.15, -0.1) is 0 Å². The molecule has 2 aromatic carbocycles. The lowest BCUT2D eigenvalue weighted by Crippen LogP contribution is -2.32. The Labute approximate surface area is 142 Å². The highest BCUT2D eigenvalue weighted by atomic mass is 35.5. The average molecular weight is 332 g/mol. The van der Waals surface area contributed by atoms with E-state index in [2.05, 4.69) is 12.2 Å². The zero-order valence-electron chi connectivity index (χ0n) is 13.5. The van der Waals surface area contributed by atoms with Crippen LogP contribution in [0.3, 0.4) is 0 Å². The molecule has 1 atom stereocenters. The molecule has 1 amide bonds. The van der Waals surface area contributed by atoms with Crippen LogP contribution in [0.2, 0.25) is 5.02 Å². The van der Waals surface area contributed by atoms with E-state index in [9.17, 15) is 4.79 Å². The summed E-state index contributed by atoms with van der Waals surface area (Å²) in [5, 5.41) is 3.67. The number of ether oxygens (including phenoxy) is 1. The predicted octanol–water partition coefficient (Wildman–Crippen LogP) is 4.84. The van der Waals surface area contributed by atoms with Crippen molar-refractivity contribution in [2.24, 2.45) is 0 Å². The highest BCUT2D eigenvalue weighted by Gasteiger charge is 2.10. The van der Waals surface area contributed by atoms with Gasteiger partial charge in [-0.2, -0.15) is 0 Å². The highest BCUT2D eigenvalue weighted by Crippen LogP contribution is 2.19. The largest absolute Gasteiger partial charge is 0.489 e. The molecule has 0 spiro atoms. The number of hydrogen-bond donors (Lipinski definition) is 1. The molecule has 4 heteroatoms. The molecule has 0 aliphatic heterocycles. The van der Waals surface area contributed by atoms with Crippen molar-refractivity contribution in [1.82, 2.24) is 5.32 Å². The third-order valence-corrected chi connectivity index (χ3v) is 3.92. The Balaban J connectivity index is 1.99. The van der Waals surface area contributed by atoms with E-state index in [0.29, 0.717) is 22.9 Å². The fourth-order valence-electron chi connectivity index (χ4n) is 2.32. The van der Waals surface area contributed by atoms with E-state index in [4.69, 9.17) is 16.3 Å². The topological polar surface area (TPSA) is 38.3 Å². The van der Waals surface area contributed by atoms with Crippen LogP contribution in [-0.2, 0) is 6.61 Å². The van der Waals surface area contributed by atoms with Crippen molar-refractivity contribution in [2.45, 2.75) is 39.3 Å². The number of halogens is 1. The maximum Gasteiger partial charge on any atom is 0.251 e. The molecule has 122 valence electrons. The van der Waals surface area contributed by atoms with Crippen molar-refractivity contribution in [3.05, 3.63) is 64.7 Å². The van der Waals surface area contributed by atoms with Crippen LogP contribution in [0, 0.1) is 0 Å². The number of benzene rings is 2. The van der Waals surface area contributed by atoms with Crippen LogP contribution in [0.5, 0.6) is 5.75 Å². The van der Waals surface area contributed by atoms with Crippen LogP contribution in [0.1, 0.15) is 42.6 Å². The Hall–Kier alpha value is -2.00. The van der Waals surface area contributed by atoms with E-state index < -0.39 is 0 Å². The van der Waals surface area contributed by atoms with Crippen molar-refractivity contribution < 1.29 is 9.53 Å². The molecule has 0 aliphatic carbocycles. The molecule has 1 N–H and O–H groups in total. The van der Waals surface area contributed by atoms with Gasteiger partial charge in [-0.1, -0.05) is 49.2 Å². The number of carbonyl (C=O) groups excluding carboxylic acids is 1. The maximum absolute atomic E-state index is 12.2. The Morgan fingerprint density at radius 3 is 2.74 bits per heavy atom. The smallest absolute Gasteiger partial charge is 0.251 e. The molecule has 3 nitrogen and oxygen atoms in total. The predicted molar refractivity (Wildman–Crippen MR) is 94.1 cm³/mol. The SMILES string of the molecule is CCCC(C)NC(=O)c1cccc(OCc2ccccc2Cl)c1. The number of hydrogen-bond acceptors (Lipinski definition) is 2. The van der Waals surface area contributed by atoms with Gasteiger partial charge in [0, 0.05) is 22.2 Å². The lowest BCUT2D eigenvalue weighted by Gasteiger charge is -2.13. The van der Waals surface area contributed by atoms with Gasteiger partial charge in [-0.05, 0) is 37.6 Å². The molecule has 0 aliphatic rings. The molecule has 0 heterocycles. The van der Waals surface area contributed by atoms with Crippen LogP contribution >= 0.6 is 11.6 Å². The van der Waals surface area contributed by atoms with Crippen LogP contribution in [-0.4, -0.2) is 11.9 Å². The molecule has 0 bridgehead atoms. The first kappa shape index (κ1) is 17.4. The summed E-state index contributed by atoms with van der Waals surface area (Å²) in [7, 11) is 0. The van der Waals surface area contributed by atoms with Gasteiger partial charge in [0.15, 0.2) is 0 Å². The standard InChI is InChI=1S/C19H22ClNO2/c1-3-7-14(2)21-19(22)15-9-6-10-17(12-15)23-13-16-8-4-5-11-18(16)20/h4-6,8-12,14H,3,7,13H2,1-2H3,(H,21,22). The van der Waals surface area contributed by atoms with E-state index in [1.54, 1.807) is 12.1 Å². The van der Waals surface area contributed by atoms with E-state index in [-0.39, 0.29) is 11.9 Å². The van der Waals surface area contributed by atoms with Crippen LogP contribution in [0.15, 0.2) is 48.5 Å². The molecule has 2 rings (SSSR count). The minimum absolute atomic E-state index is 0.0749.